The number of halogens is 2. The van der Waals surface area contributed by atoms with Gasteiger partial charge in [0.15, 0.2) is 0 Å². The van der Waals surface area contributed by atoms with Crippen molar-refractivity contribution in [2.24, 2.45) is 0 Å². The predicted octanol–water partition coefficient (Wildman–Crippen LogP) is 6.40. The molecule has 6 heteroatoms. The lowest BCUT2D eigenvalue weighted by Crippen LogP contribution is -2.51. The Labute approximate surface area is 218 Å². The third-order valence-corrected chi connectivity index (χ3v) is 6.53. The van der Waals surface area contributed by atoms with Crippen molar-refractivity contribution in [2.45, 2.75) is 58.7 Å². The lowest BCUT2D eigenvalue weighted by Gasteiger charge is -2.32. The molecule has 0 bridgehead atoms. The molecule has 3 aromatic carbocycles. The first-order valence-electron chi connectivity index (χ1n) is 11.9. The molecule has 1 atom stereocenters. The second-order valence-corrected chi connectivity index (χ2v) is 9.94. The molecule has 1 N–H and O–H groups in total. The van der Waals surface area contributed by atoms with Crippen LogP contribution in [0.15, 0.2) is 72.8 Å². The molecule has 0 aliphatic heterocycles. The third kappa shape index (κ3) is 8.12. The van der Waals surface area contributed by atoms with E-state index in [-0.39, 0.29) is 24.4 Å². The zero-order valence-corrected chi connectivity index (χ0v) is 21.9. The maximum absolute atomic E-state index is 13.6. The van der Waals surface area contributed by atoms with Gasteiger partial charge in [-0.15, -0.1) is 0 Å². The second-order valence-electron chi connectivity index (χ2n) is 9.12. The summed E-state index contributed by atoms with van der Waals surface area (Å²) in [5, 5.41) is 3.87. The van der Waals surface area contributed by atoms with Crippen LogP contribution in [0.3, 0.4) is 0 Å². The Hall–Kier alpha value is -2.82. The summed E-state index contributed by atoms with van der Waals surface area (Å²) in [5.41, 5.74) is 4.07. The van der Waals surface area contributed by atoms with Crippen LogP contribution in [0.1, 0.15) is 42.5 Å². The van der Waals surface area contributed by atoms with Crippen molar-refractivity contribution in [1.29, 1.82) is 0 Å². The molecule has 0 heterocycles. The van der Waals surface area contributed by atoms with Gasteiger partial charge in [-0.2, -0.15) is 0 Å². The van der Waals surface area contributed by atoms with Gasteiger partial charge in [0.1, 0.15) is 6.04 Å². The summed E-state index contributed by atoms with van der Waals surface area (Å²) >= 11 is 12.4. The average molecular weight is 511 g/mol. The number of benzene rings is 3. The van der Waals surface area contributed by atoms with Crippen LogP contribution >= 0.6 is 23.2 Å². The zero-order valence-electron chi connectivity index (χ0n) is 20.4. The fourth-order valence-electron chi connectivity index (χ4n) is 3.92. The number of rotatable bonds is 10. The summed E-state index contributed by atoms with van der Waals surface area (Å²) in [4.78, 5) is 28.7. The summed E-state index contributed by atoms with van der Waals surface area (Å²) in [5.74, 6) is -0.260. The van der Waals surface area contributed by atoms with Crippen LogP contribution in [-0.4, -0.2) is 28.8 Å². The number of hydrogen-bond donors (Lipinski definition) is 1. The molecule has 0 saturated carbocycles. The molecule has 4 nitrogen and oxygen atoms in total. The third-order valence-electron chi connectivity index (χ3n) is 5.79. The molecule has 0 radical (unpaired) electrons. The van der Waals surface area contributed by atoms with Crippen molar-refractivity contribution in [2.75, 3.05) is 0 Å². The molecule has 0 fully saturated rings. The highest BCUT2D eigenvalue weighted by atomic mass is 35.5. The monoisotopic (exact) mass is 510 g/mol. The van der Waals surface area contributed by atoms with Gasteiger partial charge in [0.05, 0.1) is 10.0 Å². The van der Waals surface area contributed by atoms with Gasteiger partial charge in [0, 0.05) is 25.4 Å². The first-order valence-corrected chi connectivity index (χ1v) is 12.6. The van der Waals surface area contributed by atoms with Crippen molar-refractivity contribution in [3.05, 3.63) is 105 Å². The van der Waals surface area contributed by atoms with E-state index in [1.54, 1.807) is 17.0 Å². The first-order chi connectivity index (χ1) is 16.7. The fraction of sp³-hybridized carbons (Fsp3) is 0.310. The summed E-state index contributed by atoms with van der Waals surface area (Å²) in [6, 6.07) is 22.5. The Morgan fingerprint density at radius 2 is 1.51 bits per heavy atom. The molecular formula is C29H32Cl2N2O2. The Balaban J connectivity index is 1.92. The van der Waals surface area contributed by atoms with Crippen molar-refractivity contribution < 1.29 is 9.59 Å². The highest BCUT2D eigenvalue weighted by Gasteiger charge is 2.30. The molecule has 2 amide bonds. The lowest BCUT2D eigenvalue weighted by molar-refractivity contribution is -0.141. The molecule has 184 valence electrons. The Morgan fingerprint density at radius 1 is 0.857 bits per heavy atom. The fourth-order valence-corrected chi connectivity index (χ4v) is 4.24. The summed E-state index contributed by atoms with van der Waals surface area (Å²) in [6.45, 7) is 6.13. The molecule has 3 aromatic rings. The second kappa shape index (κ2) is 12.8. The normalized spacial score (nSPS) is 11.8. The molecule has 0 spiro atoms. The van der Waals surface area contributed by atoms with Gasteiger partial charge in [-0.1, -0.05) is 89.4 Å². The quantitative estimate of drug-likeness (QED) is 0.343. The standard InChI is InChI=1S/C29H32Cl2N2O2/c1-20(2)32-29(35)27(18-23-7-5-4-6-8-23)33(19-24-13-15-25(30)26(31)17-24)28(34)16-14-22-11-9-21(3)10-12-22/h4-13,15,17,20,27H,14,16,18-19H2,1-3H3,(H,32,35). The van der Waals surface area contributed by atoms with E-state index in [0.29, 0.717) is 29.3 Å². The van der Waals surface area contributed by atoms with Crippen molar-refractivity contribution in [3.63, 3.8) is 0 Å². The SMILES string of the molecule is Cc1ccc(CCC(=O)N(Cc2ccc(Cl)c(Cl)c2)C(Cc2ccccc2)C(=O)NC(C)C)cc1. The van der Waals surface area contributed by atoms with Gasteiger partial charge in [-0.05, 0) is 56.0 Å². The van der Waals surface area contributed by atoms with Gasteiger partial charge < -0.3 is 10.2 Å². The lowest BCUT2D eigenvalue weighted by atomic mass is 10.0. The topological polar surface area (TPSA) is 49.4 Å². The number of aryl methyl sites for hydroxylation is 2. The van der Waals surface area contributed by atoms with Crippen molar-refractivity contribution in [3.8, 4) is 0 Å². The maximum atomic E-state index is 13.6. The molecule has 0 aliphatic carbocycles. The average Bonchev–Trinajstić information content (AvgIpc) is 2.83. The van der Waals surface area contributed by atoms with Crippen molar-refractivity contribution >= 4 is 35.0 Å². The Kier molecular flexibility index (Phi) is 9.76. The molecular weight excluding hydrogens is 479 g/mol. The molecule has 3 rings (SSSR count). The minimum absolute atomic E-state index is 0.0461. The highest BCUT2D eigenvalue weighted by molar-refractivity contribution is 6.42. The molecule has 0 aliphatic rings. The number of carbonyl (C=O) groups is 2. The van der Waals surface area contributed by atoms with E-state index in [1.165, 1.54) is 5.56 Å². The zero-order chi connectivity index (χ0) is 25.4. The van der Waals surface area contributed by atoms with Crippen LogP contribution < -0.4 is 5.32 Å². The van der Waals surface area contributed by atoms with E-state index in [9.17, 15) is 9.59 Å². The van der Waals surface area contributed by atoms with Crippen LogP contribution in [0.4, 0.5) is 0 Å². The van der Waals surface area contributed by atoms with Gasteiger partial charge in [-0.3, -0.25) is 9.59 Å². The van der Waals surface area contributed by atoms with Gasteiger partial charge in [-0.25, -0.2) is 0 Å². The van der Waals surface area contributed by atoms with Crippen LogP contribution in [0, 0.1) is 6.92 Å². The molecule has 35 heavy (non-hydrogen) atoms. The van der Waals surface area contributed by atoms with E-state index >= 15 is 0 Å². The summed E-state index contributed by atoms with van der Waals surface area (Å²) in [6.07, 6.45) is 1.31. The minimum Gasteiger partial charge on any atom is -0.352 e. The van der Waals surface area contributed by atoms with E-state index < -0.39 is 6.04 Å². The predicted molar refractivity (Wildman–Crippen MR) is 144 cm³/mol. The number of hydrogen-bond acceptors (Lipinski definition) is 2. The van der Waals surface area contributed by atoms with Crippen molar-refractivity contribution in [1.82, 2.24) is 10.2 Å². The minimum atomic E-state index is -0.667. The first kappa shape index (κ1) is 26.8. The smallest absolute Gasteiger partial charge is 0.243 e. The van der Waals surface area contributed by atoms with Crippen LogP contribution in [-0.2, 0) is 29.0 Å². The highest BCUT2D eigenvalue weighted by Crippen LogP contribution is 2.25. The Morgan fingerprint density at radius 3 is 2.14 bits per heavy atom. The van der Waals surface area contributed by atoms with Gasteiger partial charge in [0.2, 0.25) is 11.8 Å². The van der Waals surface area contributed by atoms with Gasteiger partial charge in [0.25, 0.3) is 0 Å². The van der Waals surface area contributed by atoms with Gasteiger partial charge >= 0.3 is 0 Å². The number of amides is 2. The number of carbonyl (C=O) groups excluding carboxylic acids is 2. The van der Waals surface area contributed by atoms with Crippen LogP contribution in [0.5, 0.6) is 0 Å². The Bertz CT molecular complexity index is 1130. The van der Waals surface area contributed by atoms with Crippen LogP contribution in [0.25, 0.3) is 0 Å². The molecule has 1 unspecified atom stereocenters. The molecule has 0 aromatic heterocycles. The van der Waals surface area contributed by atoms with E-state index in [1.807, 2.05) is 81.4 Å². The molecule has 0 saturated heterocycles. The maximum Gasteiger partial charge on any atom is 0.243 e. The summed E-state index contributed by atoms with van der Waals surface area (Å²) < 4.78 is 0. The number of nitrogens with one attached hydrogen (secondary N) is 1. The van der Waals surface area contributed by atoms with Crippen LogP contribution in [0.2, 0.25) is 10.0 Å². The number of nitrogens with zero attached hydrogens (tertiary/aromatic N) is 1. The van der Waals surface area contributed by atoms with E-state index in [2.05, 4.69) is 5.32 Å². The largest absolute Gasteiger partial charge is 0.352 e. The van der Waals surface area contributed by atoms with E-state index in [4.69, 9.17) is 23.2 Å². The van der Waals surface area contributed by atoms with E-state index in [0.717, 1.165) is 16.7 Å². The summed E-state index contributed by atoms with van der Waals surface area (Å²) in [7, 11) is 0.